The van der Waals surface area contributed by atoms with Gasteiger partial charge in [0.1, 0.15) is 23.3 Å². The molecule has 1 spiro atoms. The van der Waals surface area contributed by atoms with Gasteiger partial charge in [-0.15, -0.1) is 34.0 Å². The lowest BCUT2D eigenvalue weighted by Crippen LogP contribution is -2.37. The number of nitrogens with zero attached hydrogens (tertiary/aromatic N) is 4. The van der Waals surface area contributed by atoms with E-state index in [9.17, 15) is 25.4 Å². The van der Waals surface area contributed by atoms with Crippen molar-refractivity contribution in [3.63, 3.8) is 0 Å². The van der Waals surface area contributed by atoms with Crippen molar-refractivity contribution in [3.8, 4) is 33.7 Å². The summed E-state index contributed by atoms with van der Waals surface area (Å²) in [6.07, 6.45) is 8.48. The van der Waals surface area contributed by atoms with Gasteiger partial charge in [-0.25, -0.2) is 10.1 Å². The molecular weight excluding hydrogens is 705 g/mol. The molecule has 1 saturated carbocycles. The summed E-state index contributed by atoms with van der Waals surface area (Å²) in [5.41, 5.74) is 3.97. The molecule has 1 fully saturated rings. The quantitative estimate of drug-likeness (QED) is 0.101. The molecule has 3 aliphatic carbocycles. The Bertz CT molecular complexity index is 2750. The summed E-state index contributed by atoms with van der Waals surface area (Å²) in [4.78, 5) is 34.5. The number of Topliss-reactive ketones (excluding diaryl/α,β-unsaturated/α-hetero) is 2. The van der Waals surface area contributed by atoms with Crippen molar-refractivity contribution < 1.29 is 14.3 Å². The Morgan fingerprint density at radius 1 is 0.750 bits per heavy atom. The van der Waals surface area contributed by atoms with Crippen LogP contribution in [0, 0.1) is 40.6 Å². The second-order valence-corrected chi connectivity index (χ2v) is 16.2. The fourth-order valence-electron chi connectivity index (χ4n) is 7.90. The summed E-state index contributed by atoms with van der Waals surface area (Å²) in [5.74, 6) is 0.409. The van der Waals surface area contributed by atoms with E-state index in [0.29, 0.717) is 44.5 Å². The van der Waals surface area contributed by atoms with E-state index >= 15 is 0 Å². The fourth-order valence-corrected chi connectivity index (χ4v) is 11.7. The van der Waals surface area contributed by atoms with Crippen molar-refractivity contribution >= 4 is 78.3 Å². The van der Waals surface area contributed by atoms with Crippen molar-refractivity contribution in [1.82, 2.24) is 0 Å². The van der Waals surface area contributed by atoms with Crippen LogP contribution in [-0.4, -0.2) is 11.6 Å². The largest absolute Gasteiger partial charge is 0.479 e. The molecule has 246 valence electrons. The summed E-state index contributed by atoms with van der Waals surface area (Å²) in [5, 5.41) is 29.4. The van der Waals surface area contributed by atoms with Gasteiger partial charge in [-0.2, -0.15) is 10.5 Å². The van der Waals surface area contributed by atoms with E-state index in [1.165, 1.54) is 11.3 Å². The number of ketones is 2. The van der Waals surface area contributed by atoms with Crippen LogP contribution in [0.3, 0.4) is 0 Å². The van der Waals surface area contributed by atoms with Gasteiger partial charge < -0.3 is 4.74 Å². The monoisotopic (exact) mass is 726 g/mol. The first-order valence-corrected chi connectivity index (χ1v) is 19.0. The number of fused-ring (bicyclic) bond motifs is 8. The van der Waals surface area contributed by atoms with Crippen LogP contribution in [0.1, 0.15) is 79.3 Å². The summed E-state index contributed by atoms with van der Waals surface area (Å²) < 4.78 is 9.09. The third-order valence-electron chi connectivity index (χ3n) is 10.2. The summed E-state index contributed by atoms with van der Waals surface area (Å²) in [6.45, 7) is 7.62. The number of benzene rings is 2. The molecule has 9 rings (SSSR count). The highest BCUT2D eigenvalue weighted by molar-refractivity contribution is 7.32. The molecule has 1 aliphatic heterocycles. The molecule has 3 aromatic heterocycles. The molecule has 4 aliphatic rings. The molecule has 5 aromatic rings. The van der Waals surface area contributed by atoms with Gasteiger partial charge in [-0.1, -0.05) is 55.0 Å². The Balaban J connectivity index is 1.18. The maximum absolute atomic E-state index is 13.7. The van der Waals surface area contributed by atoms with Crippen LogP contribution in [0.5, 0.6) is 5.75 Å². The average Bonchev–Trinajstić information content (AvgIpc) is 3.97. The van der Waals surface area contributed by atoms with Crippen molar-refractivity contribution in [2.45, 2.75) is 37.7 Å². The highest BCUT2D eigenvalue weighted by atomic mass is 32.1. The first-order chi connectivity index (χ1) is 25.4. The SMILES string of the molecule is [C-]#[N+]C(C#N)=C1/C(=C/c2cc3sc4c(c3s2)OC2(CCCCC2)c2cc(/C=C3\C(=O)c5ccccc5C3=C(C#N)C#N)sc2-4)C(=O)c2ccccc21. The number of carbonyl (C=O) groups excluding carboxylic acids is 2. The molecule has 52 heavy (non-hydrogen) atoms. The van der Waals surface area contributed by atoms with Gasteiger partial charge >= 0.3 is 0 Å². The zero-order chi connectivity index (χ0) is 35.7. The number of ether oxygens (including phenoxy) is 1. The lowest BCUT2D eigenvalue weighted by Gasteiger charge is -2.40. The zero-order valence-electron chi connectivity index (χ0n) is 27.2. The predicted molar refractivity (Wildman–Crippen MR) is 203 cm³/mol. The van der Waals surface area contributed by atoms with Crippen molar-refractivity contribution in [1.29, 1.82) is 15.8 Å². The number of allylic oxidation sites excluding steroid dienone is 6. The number of rotatable bonds is 2. The smallest absolute Gasteiger partial charge is 0.270 e. The molecule has 4 heterocycles. The number of hydrogen-bond donors (Lipinski definition) is 0. The van der Waals surface area contributed by atoms with Gasteiger partial charge in [0.15, 0.2) is 17.3 Å². The first kappa shape index (κ1) is 31.8. The minimum atomic E-state index is -0.535. The minimum absolute atomic E-state index is 0.0896. The molecule has 0 unspecified atom stereocenters. The van der Waals surface area contributed by atoms with Crippen LogP contribution >= 0.6 is 34.0 Å². The maximum atomic E-state index is 13.7. The zero-order valence-corrected chi connectivity index (χ0v) is 29.7. The maximum Gasteiger partial charge on any atom is 0.270 e. The summed E-state index contributed by atoms with van der Waals surface area (Å²) in [7, 11) is 0. The molecule has 0 amide bonds. The average molecular weight is 727 g/mol. The van der Waals surface area contributed by atoms with Gasteiger partial charge in [0.05, 0.1) is 31.8 Å². The van der Waals surface area contributed by atoms with E-state index < -0.39 is 5.60 Å². The topological polar surface area (TPSA) is 119 Å². The third-order valence-corrected chi connectivity index (χ3v) is 13.7. The molecule has 10 heteroatoms. The van der Waals surface area contributed by atoms with Crippen LogP contribution in [0.2, 0.25) is 0 Å². The molecule has 2 aromatic carbocycles. The third kappa shape index (κ3) is 4.56. The highest BCUT2D eigenvalue weighted by Crippen LogP contribution is 2.60. The lowest BCUT2D eigenvalue weighted by atomic mass is 9.78. The second kappa shape index (κ2) is 12.0. The summed E-state index contributed by atoms with van der Waals surface area (Å²) in [6, 6.07) is 24.3. The molecule has 0 N–H and O–H groups in total. The predicted octanol–water partition coefficient (Wildman–Crippen LogP) is 10.8. The lowest BCUT2D eigenvalue weighted by molar-refractivity contribution is 0.0267. The number of carbonyl (C=O) groups is 2. The van der Waals surface area contributed by atoms with Crippen molar-refractivity contribution in [2.24, 2.45) is 0 Å². The number of thiophene rings is 3. The summed E-state index contributed by atoms with van der Waals surface area (Å²) >= 11 is 4.73. The van der Waals surface area contributed by atoms with Gasteiger partial charge in [0.2, 0.25) is 0 Å². The van der Waals surface area contributed by atoms with Gasteiger partial charge in [-0.3, -0.25) is 9.59 Å². The van der Waals surface area contributed by atoms with E-state index in [1.807, 2.05) is 30.4 Å². The first-order valence-electron chi connectivity index (χ1n) is 16.6. The second-order valence-electron chi connectivity index (χ2n) is 12.9. The molecule has 0 radical (unpaired) electrons. The van der Waals surface area contributed by atoms with Gasteiger partial charge in [-0.05, 0) is 61.1 Å². The Kier molecular flexibility index (Phi) is 7.33. The molecule has 0 saturated heterocycles. The van der Waals surface area contributed by atoms with E-state index in [2.05, 4.69) is 10.9 Å². The molecular formula is C42H22N4O3S3. The Morgan fingerprint density at radius 3 is 1.96 bits per heavy atom. The van der Waals surface area contributed by atoms with Crippen LogP contribution in [0.25, 0.3) is 47.3 Å². The Hall–Kier alpha value is -6.14. The highest BCUT2D eigenvalue weighted by Gasteiger charge is 2.45. The minimum Gasteiger partial charge on any atom is -0.479 e. The number of nitriles is 3. The van der Waals surface area contributed by atoms with Crippen molar-refractivity contribution in [3.05, 3.63) is 132 Å². The van der Waals surface area contributed by atoms with E-state index in [0.717, 1.165) is 72.3 Å². The Labute approximate surface area is 310 Å². The molecule has 7 nitrogen and oxygen atoms in total. The van der Waals surface area contributed by atoms with E-state index in [1.54, 1.807) is 77.3 Å². The van der Waals surface area contributed by atoms with Crippen LogP contribution in [0.15, 0.2) is 83.1 Å². The fraction of sp³-hybridized carbons (Fsp3) is 0.143. The van der Waals surface area contributed by atoms with Crippen LogP contribution < -0.4 is 4.74 Å². The van der Waals surface area contributed by atoms with E-state index in [-0.39, 0.29) is 22.8 Å². The van der Waals surface area contributed by atoms with Crippen molar-refractivity contribution in [2.75, 3.05) is 0 Å². The van der Waals surface area contributed by atoms with Gasteiger partial charge in [0.25, 0.3) is 5.70 Å². The molecule has 0 atom stereocenters. The normalized spacial score (nSPS) is 19.0. The number of hydrogen-bond acceptors (Lipinski definition) is 9. The van der Waals surface area contributed by atoms with Gasteiger partial charge in [0, 0.05) is 48.7 Å². The van der Waals surface area contributed by atoms with Crippen LogP contribution in [0.4, 0.5) is 0 Å². The Morgan fingerprint density at radius 2 is 1.35 bits per heavy atom. The van der Waals surface area contributed by atoms with Crippen LogP contribution in [-0.2, 0) is 5.60 Å². The molecule has 0 bridgehead atoms. The van der Waals surface area contributed by atoms with E-state index in [4.69, 9.17) is 11.3 Å². The standard InChI is InChI=1S/C42H22N4O3S3/c1-46-32(21-45)35-26-10-4-6-12-28(26)37(48)30(35)16-24-18-33-40(51-24)38-41(52-33)39-31(42(49-38)13-7-2-8-14-42)17-23(50-39)15-29-34(22(19-43)20-44)25-9-3-5-11-27(25)36(29)47/h3-6,9-12,15-18H,2,7-8,13-14H2/b29-15-,30-16-,35-32?.